The summed E-state index contributed by atoms with van der Waals surface area (Å²) in [5, 5.41) is 9.54. The van der Waals surface area contributed by atoms with E-state index in [9.17, 15) is 13.5 Å². The molecule has 1 N–H and O–H groups in total. The summed E-state index contributed by atoms with van der Waals surface area (Å²) in [5.74, 6) is 0.252. The molecule has 16 heavy (non-hydrogen) atoms. The van der Waals surface area contributed by atoms with Crippen molar-refractivity contribution in [2.24, 2.45) is 5.92 Å². The zero-order valence-electron chi connectivity index (χ0n) is 9.26. The molecule has 0 aromatic heterocycles. The van der Waals surface area contributed by atoms with Crippen LogP contribution in [0, 0.1) is 5.92 Å². The second-order valence-electron chi connectivity index (χ2n) is 4.56. The second kappa shape index (κ2) is 4.18. The summed E-state index contributed by atoms with van der Waals surface area (Å²) in [6, 6.07) is 8.13. The number of fused-ring (bicyclic) bond motifs is 1. The normalized spacial score (nSPS) is 18.4. The minimum Gasteiger partial charge on any atom is -0.377 e. The molecule has 0 aliphatic heterocycles. The third kappa shape index (κ3) is 2.44. The van der Waals surface area contributed by atoms with Gasteiger partial charge in [-0.15, -0.1) is 0 Å². The summed E-state index contributed by atoms with van der Waals surface area (Å²) < 4.78 is 22.3. The van der Waals surface area contributed by atoms with E-state index in [4.69, 9.17) is 0 Å². The first kappa shape index (κ1) is 11.6. The van der Waals surface area contributed by atoms with Gasteiger partial charge in [-0.1, -0.05) is 24.3 Å². The SMILES string of the molecule is CS(=O)(=O)C(O)CC1Cc2ccccc2C1. The van der Waals surface area contributed by atoms with Crippen molar-refractivity contribution < 1.29 is 13.5 Å². The lowest BCUT2D eigenvalue weighted by atomic mass is 10.0. The van der Waals surface area contributed by atoms with Gasteiger partial charge in [0.05, 0.1) is 0 Å². The van der Waals surface area contributed by atoms with Gasteiger partial charge in [-0.2, -0.15) is 0 Å². The number of sulfone groups is 1. The van der Waals surface area contributed by atoms with Gasteiger partial charge in [0.2, 0.25) is 0 Å². The summed E-state index contributed by atoms with van der Waals surface area (Å²) in [4.78, 5) is 0. The lowest BCUT2D eigenvalue weighted by Gasteiger charge is -2.13. The molecule has 1 aromatic carbocycles. The molecule has 0 fully saturated rings. The number of hydrogen-bond acceptors (Lipinski definition) is 3. The first-order valence-corrected chi connectivity index (χ1v) is 7.36. The third-order valence-corrected chi connectivity index (χ3v) is 4.35. The minimum absolute atomic E-state index is 0.252. The van der Waals surface area contributed by atoms with E-state index >= 15 is 0 Å². The smallest absolute Gasteiger partial charge is 0.173 e. The fraction of sp³-hybridized carbons (Fsp3) is 0.500. The third-order valence-electron chi connectivity index (χ3n) is 3.16. The van der Waals surface area contributed by atoms with Gasteiger partial charge in [0.1, 0.15) is 0 Å². The average molecular weight is 240 g/mol. The highest BCUT2D eigenvalue weighted by atomic mass is 32.2. The van der Waals surface area contributed by atoms with Gasteiger partial charge in [0, 0.05) is 6.26 Å². The van der Waals surface area contributed by atoms with Crippen LogP contribution in [0.4, 0.5) is 0 Å². The molecule has 0 saturated carbocycles. The second-order valence-corrected chi connectivity index (χ2v) is 6.77. The lowest BCUT2D eigenvalue weighted by Crippen LogP contribution is -2.23. The monoisotopic (exact) mass is 240 g/mol. The molecule has 3 nitrogen and oxygen atoms in total. The van der Waals surface area contributed by atoms with Crippen LogP contribution in [-0.2, 0) is 22.7 Å². The van der Waals surface area contributed by atoms with E-state index in [1.165, 1.54) is 11.1 Å². The van der Waals surface area contributed by atoms with E-state index in [0.717, 1.165) is 19.1 Å². The highest BCUT2D eigenvalue weighted by Gasteiger charge is 2.27. The predicted molar refractivity (Wildman–Crippen MR) is 62.8 cm³/mol. The maximum atomic E-state index is 11.1. The number of aliphatic hydroxyl groups excluding tert-OH is 1. The van der Waals surface area contributed by atoms with Crippen molar-refractivity contribution in [3.8, 4) is 0 Å². The number of rotatable bonds is 3. The van der Waals surface area contributed by atoms with Crippen molar-refractivity contribution in [2.45, 2.75) is 24.7 Å². The largest absolute Gasteiger partial charge is 0.377 e. The van der Waals surface area contributed by atoms with Gasteiger partial charge >= 0.3 is 0 Å². The highest BCUT2D eigenvalue weighted by Crippen LogP contribution is 2.29. The Balaban J connectivity index is 2.03. The topological polar surface area (TPSA) is 54.4 Å². The fourth-order valence-electron chi connectivity index (χ4n) is 2.28. The van der Waals surface area contributed by atoms with Crippen LogP contribution in [0.3, 0.4) is 0 Å². The lowest BCUT2D eigenvalue weighted by molar-refractivity contribution is 0.214. The molecule has 1 aliphatic carbocycles. The predicted octanol–water partition coefficient (Wildman–Crippen LogP) is 1.15. The van der Waals surface area contributed by atoms with E-state index in [0.29, 0.717) is 6.42 Å². The number of aliphatic hydroxyl groups is 1. The fourth-order valence-corrected chi connectivity index (χ4v) is 2.90. The molecule has 2 rings (SSSR count). The summed E-state index contributed by atoms with van der Waals surface area (Å²) in [6.45, 7) is 0. The minimum atomic E-state index is -3.32. The maximum absolute atomic E-state index is 11.1. The van der Waals surface area contributed by atoms with Crippen LogP contribution < -0.4 is 0 Å². The van der Waals surface area contributed by atoms with Gasteiger partial charge in [-0.3, -0.25) is 0 Å². The van der Waals surface area contributed by atoms with Crippen molar-refractivity contribution in [3.63, 3.8) is 0 Å². The molecular formula is C12H16O3S. The Morgan fingerprint density at radius 2 is 1.81 bits per heavy atom. The Bertz CT molecular complexity index is 454. The standard InChI is InChI=1S/C12H16O3S/c1-16(14,15)12(13)8-9-6-10-4-2-3-5-11(10)7-9/h2-5,9,12-13H,6-8H2,1H3. The van der Waals surface area contributed by atoms with E-state index in [2.05, 4.69) is 12.1 Å². The number of hydrogen-bond donors (Lipinski definition) is 1. The van der Waals surface area contributed by atoms with E-state index in [1.807, 2.05) is 12.1 Å². The van der Waals surface area contributed by atoms with E-state index in [1.54, 1.807) is 0 Å². The molecule has 0 bridgehead atoms. The Morgan fingerprint density at radius 3 is 2.25 bits per heavy atom. The Morgan fingerprint density at radius 1 is 1.31 bits per heavy atom. The van der Waals surface area contributed by atoms with Crippen molar-refractivity contribution in [3.05, 3.63) is 35.4 Å². The van der Waals surface area contributed by atoms with Crippen LogP contribution in [0.2, 0.25) is 0 Å². The maximum Gasteiger partial charge on any atom is 0.173 e. The first-order chi connectivity index (χ1) is 7.47. The summed E-state index contributed by atoms with van der Waals surface area (Å²) >= 11 is 0. The van der Waals surface area contributed by atoms with Gasteiger partial charge in [0.25, 0.3) is 0 Å². The summed E-state index contributed by atoms with van der Waals surface area (Å²) in [5.41, 5.74) is 1.35. The van der Waals surface area contributed by atoms with Gasteiger partial charge in [-0.05, 0) is 36.3 Å². The Hall–Kier alpha value is -0.870. The molecule has 0 amide bonds. The zero-order valence-corrected chi connectivity index (χ0v) is 10.1. The van der Waals surface area contributed by atoms with Crippen LogP contribution in [-0.4, -0.2) is 25.2 Å². The molecule has 0 spiro atoms. The van der Waals surface area contributed by atoms with Gasteiger partial charge in [0.15, 0.2) is 15.3 Å². The summed E-state index contributed by atoms with van der Waals surface area (Å²) in [7, 11) is -3.32. The average Bonchev–Trinajstić information content (AvgIpc) is 2.58. The highest BCUT2D eigenvalue weighted by molar-refractivity contribution is 7.91. The molecule has 1 unspecified atom stereocenters. The molecule has 1 aliphatic rings. The van der Waals surface area contributed by atoms with Crippen LogP contribution in [0.1, 0.15) is 17.5 Å². The molecule has 88 valence electrons. The zero-order chi connectivity index (χ0) is 11.8. The first-order valence-electron chi connectivity index (χ1n) is 5.40. The van der Waals surface area contributed by atoms with Crippen LogP contribution >= 0.6 is 0 Å². The number of benzene rings is 1. The quantitative estimate of drug-likeness (QED) is 0.862. The van der Waals surface area contributed by atoms with E-state index in [-0.39, 0.29) is 5.92 Å². The Labute approximate surface area is 96.0 Å². The molecular weight excluding hydrogens is 224 g/mol. The molecule has 1 atom stereocenters. The van der Waals surface area contributed by atoms with Gasteiger partial charge in [-0.25, -0.2) is 8.42 Å². The van der Waals surface area contributed by atoms with Crippen molar-refractivity contribution in [1.82, 2.24) is 0 Å². The molecule has 0 radical (unpaired) electrons. The molecule has 1 aromatic rings. The van der Waals surface area contributed by atoms with Crippen molar-refractivity contribution in [2.75, 3.05) is 6.26 Å². The Kier molecular flexibility index (Phi) is 3.04. The molecule has 0 saturated heterocycles. The summed E-state index contributed by atoms with van der Waals surface area (Å²) in [6.07, 6.45) is 3.18. The van der Waals surface area contributed by atoms with Crippen LogP contribution in [0.5, 0.6) is 0 Å². The molecule has 0 heterocycles. The molecule has 4 heteroatoms. The van der Waals surface area contributed by atoms with Crippen LogP contribution in [0.15, 0.2) is 24.3 Å². The van der Waals surface area contributed by atoms with Crippen molar-refractivity contribution in [1.29, 1.82) is 0 Å². The van der Waals surface area contributed by atoms with Crippen LogP contribution in [0.25, 0.3) is 0 Å². The van der Waals surface area contributed by atoms with E-state index < -0.39 is 15.3 Å². The van der Waals surface area contributed by atoms with Crippen molar-refractivity contribution >= 4 is 9.84 Å². The van der Waals surface area contributed by atoms with Gasteiger partial charge < -0.3 is 5.11 Å².